The van der Waals surface area contributed by atoms with Crippen LogP contribution in [-0.2, 0) is 9.53 Å². The van der Waals surface area contributed by atoms with E-state index >= 15 is 0 Å². The molecule has 0 aromatic rings. The smallest absolute Gasteiger partial charge is 0.308 e. The summed E-state index contributed by atoms with van der Waals surface area (Å²) in [5.41, 5.74) is 0. The number of carbonyl (C=O) groups excluding carboxylic acids is 1. The van der Waals surface area contributed by atoms with Crippen molar-refractivity contribution in [2.24, 2.45) is 17.8 Å². The highest BCUT2D eigenvalue weighted by Gasteiger charge is 2.20. The van der Waals surface area contributed by atoms with Gasteiger partial charge < -0.3 is 4.74 Å². The Morgan fingerprint density at radius 1 is 1.06 bits per heavy atom. The van der Waals surface area contributed by atoms with Crippen molar-refractivity contribution in [3.8, 4) is 0 Å². The molecule has 0 aliphatic rings. The van der Waals surface area contributed by atoms with Crippen molar-refractivity contribution >= 4 is 5.97 Å². The molecule has 0 saturated carbocycles. The summed E-state index contributed by atoms with van der Waals surface area (Å²) in [5.74, 6) is 1.40. The molecule has 1 unspecified atom stereocenters. The maximum Gasteiger partial charge on any atom is 0.308 e. The second kappa shape index (κ2) is 8.60. The number of esters is 1. The zero-order valence-corrected chi connectivity index (χ0v) is 11.6. The van der Waals surface area contributed by atoms with Gasteiger partial charge in [0.1, 0.15) is 0 Å². The molecule has 0 rings (SSSR count). The first-order chi connectivity index (χ1) is 7.47. The highest BCUT2D eigenvalue weighted by Crippen LogP contribution is 2.21. The van der Waals surface area contributed by atoms with Gasteiger partial charge in [0.15, 0.2) is 0 Å². The predicted octanol–water partition coefficient (Wildman–Crippen LogP) is 4.04. The Balaban J connectivity index is 4.04. The molecular formula is C14H28O2. The van der Waals surface area contributed by atoms with E-state index in [2.05, 4.69) is 27.7 Å². The highest BCUT2D eigenvalue weighted by molar-refractivity contribution is 5.72. The van der Waals surface area contributed by atoms with Gasteiger partial charge in [0, 0.05) is 0 Å². The Hall–Kier alpha value is -0.530. The maximum absolute atomic E-state index is 11.7. The predicted molar refractivity (Wildman–Crippen MR) is 68.3 cm³/mol. The van der Waals surface area contributed by atoms with Crippen LogP contribution in [0.4, 0.5) is 0 Å². The molecule has 2 heteroatoms. The molecule has 0 spiro atoms. The number of ether oxygens (including phenoxy) is 1. The van der Waals surface area contributed by atoms with E-state index in [1.54, 1.807) is 0 Å². The molecule has 0 aromatic carbocycles. The van der Waals surface area contributed by atoms with Crippen molar-refractivity contribution in [1.29, 1.82) is 0 Å². The molecular weight excluding hydrogens is 200 g/mol. The molecule has 0 fully saturated rings. The third-order valence-corrected chi connectivity index (χ3v) is 2.71. The lowest BCUT2D eigenvalue weighted by Crippen LogP contribution is -2.19. The molecule has 0 amide bonds. The first-order valence-electron chi connectivity index (χ1n) is 6.64. The number of hydrogen-bond acceptors (Lipinski definition) is 2. The Bertz CT molecular complexity index is 185. The van der Waals surface area contributed by atoms with Crippen molar-refractivity contribution in [2.45, 2.75) is 60.3 Å². The van der Waals surface area contributed by atoms with Crippen LogP contribution in [-0.4, -0.2) is 12.6 Å². The van der Waals surface area contributed by atoms with E-state index in [-0.39, 0.29) is 11.9 Å². The molecule has 0 radical (unpaired) electrons. The fourth-order valence-electron chi connectivity index (χ4n) is 1.93. The maximum atomic E-state index is 11.7. The van der Waals surface area contributed by atoms with E-state index in [0.29, 0.717) is 12.5 Å². The minimum absolute atomic E-state index is 0.0000406. The van der Waals surface area contributed by atoms with E-state index in [4.69, 9.17) is 4.74 Å². The standard InChI is InChI=1S/C14H28O2/c1-6-16-14(15)13(10-12(4)5)9-7-8-11(2)3/h11-13H,6-10H2,1-5H3. The quantitative estimate of drug-likeness (QED) is 0.586. The normalized spacial score (nSPS) is 13.2. The van der Waals surface area contributed by atoms with Gasteiger partial charge in [0.2, 0.25) is 0 Å². The second-order valence-corrected chi connectivity index (χ2v) is 5.40. The van der Waals surface area contributed by atoms with Gasteiger partial charge >= 0.3 is 5.97 Å². The van der Waals surface area contributed by atoms with Gasteiger partial charge in [0.05, 0.1) is 12.5 Å². The molecule has 0 bridgehead atoms. The summed E-state index contributed by atoms with van der Waals surface area (Å²) in [5, 5.41) is 0. The third-order valence-electron chi connectivity index (χ3n) is 2.71. The minimum Gasteiger partial charge on any atom is -0.466 e. The van der Waals surface area contributed by atoms with Crippen LogP contribution in [0.3, 0.4) is 0 Å². The lowest BCUT2D eigenvalue weighted by molar-refractivity contribution is -0.148. The molecule has 0 heterocycles. The van der Waals surface area contributed by atoms with Crippen LogP contribution in [0.1, 0.15) is 60.3 Å². The number of carbonyl (C=O) groups is 1. The Labute approximate surface area is 101 Å². The van der Waals surface area contributed by atoms with Gasteiger partial charge in [-0.2, -0.15) is 0 Å². The van der Waals surface area contributed by atoms with Gasteiger partial charge in [-0.1, -0.05) is 40.5 Å². The van der Waals surface area contributed by atoms with Crippen LogP contribution in [0.15, 0.2) is 0 Å². The van der Waals surface area contributed by atoms with Gasteiger partial charge in [-0.05, 0) is 31.6 Å². The Kier molecular flexibility index (Phi) is 8.32. The van der Waals surface area contributed by atoms with Gasteiger partial charge in [-0.15, -0.1) is 0 Å². The third kappa shape index (κ3) is 7.72. The van der Waals surface area contributed by atoms with Crippen molar-refractivity contribution in [3.05, 3.63) is 0 Å². The van der Waals surface area contributed by atoms with Crippen molar-refractivity contribution in [1.82, 2.24) is 0 Å². The molecule has 2 nitrogen and oxygen atoms in total. The fraction of sp³-hybridized carbons (Fsp3) is 0.929. The molecule has 96 valence electrons. The monoisotopic (exact) mass is 228 g/mol. The molecule has 16 heavy (non-hydrogen) atoms. The van der Waals surface area contributed by atoms with Crippen LogP contribution in [0.2, 0.25) is 0 Å². The average molecular weight is 228 g/mol. The largest absolute Gasteiger partial charge is 0.466 e. The summed E-state index contributed by atoms with van der Waals surface area (Å²) in [6.07, 6.45) is 4.27. The average Bonchev–Trinajstić information content (AvgIpc) is 2.15. The van der Waals surface area contributed by atoms with Crippen LogP contribution < -0.4 is 0 Å². The van der Waals surface area contributed by atoms with E-state index in [0.717, 1.165) is 25.2 Å². The zero-order valence-electron chi connectivity index (χ0n) is 11.6. The van der Waals surface area contributed by atoms with E-state index in [9.17, 15) is 4.79 Å². The molecule has 0 saturated heterocycles. The van der Waals surface area contributed by atoms with Crippen LogP contribution in [0.25, 0.3) is 0 Å². The summed E-state index contributed by atoms with van der Waals surface area (Å²) in [7, 11) is 0. The van der Waals surface area contributed by atoms with Crippen molar-refractivity contribution in [3.63, 3.8) is 0 Å². The van der Waals surface area contributed by atoms with Gasteiger partial charge in [-0.3, -0.25) is 4.79 Å². The summed E-state index contributed by atoms with van der Waals surface area (Å²) in [6.45, 7) is 11.1. The highest BCUT2D eigenvalue weighted by atomic mass is 16.5. The summed E-state index contributed by atoms with van der Waals surface area (Å²) >= 11 is 0. The second-order valence-electron chi connectivity index (χ2n) is 5.40. The Morgan fingerprint density at radius 2 is 1.69 bits per heavy atom. The number of hydrogen-bond donors (Lipinski definition) is 0. The van der Waals surface area contributed by atoms with Crippen LogP contribution in [0.5, 0.6) is 0 Å². The zero-order chi connectivity index (χ0) is 12.6. The minimum atomic E-state index is -0.0000406. The summed E-state index contributed by atoms with van der Waals surface area (Å²) in [6, 6.07) is 0. The summed E-state index contributed by atoms with van der Waals surface area (Å²) in [4.78, 5) is 11.7. The fourth-order valence-corrected chi connectivity index (χ4v) is 1.93. The molecule has 0 aliphatic carbocycles. The van der Waals surface area contributed by atoms with Gasteiger partial charge in [0.25, 0.3) is 0 Å². The van der Waals surface area contributed by atoms with Crippen LogP contribution >= 0.6 is 0 Å². The lowest BCUT2D eigenvalue weighted by atomic mass is 9.91. The lowest BCUT2D eigenvalue weighted by Gasteiger charge is -2.17. The first-order valence-corrected chi connectivity index (χ1v) is 6.64. The summed E-state index contributed by atoms with van der Waals surface area (Å²) < 4.78 is 5.12. The Morgan fingerprint density at radius 3 is 2.12 bits per heavy atom. The van der Waals surface area contributed by atoms with E-state index in [1.807, 2.05) is 6.92 Å². The van der Waals surface area contributed by atoms with Gasteiger partial charge in [-0.25, -0.2) is 0 Å². The number of rotatable bonds is 8. The molecule has 0 aliphatic heterocycles. The first kappa shape index (κ1) is 15.5. The molecule has 1 atom stereocenters. The topological polar surface area (TPSA) is 26.3 Å². The van der Waals surface area contributed by atoms with Crippen molar-refractivity contribution < 1.29 is 9.53 Å². The SMILES string of the molecule is CCOC(=O)C(CCCC(C)C)CC(C)C. The van der Waals surface area contributed by atoms with Crippen molar-refractivity contribution in [2.75, 3.05) is 6.61 Å². The van der Waals surface area contributed by atoms with Crippen LogP contribution in [0, 0.1) is 17.8 Å². The molecule has 0 aromatic heterocycles. The van der Waals surface area contributed by atoms with E-state index < -0.39 is 0 Å². The molecule has 0 N–H and O–H groups in total. The van der Waals surface area contributed by atoms with E-state index in [1.165, 1.54) is 6.42 Å².